The number of aliphatic carboxylic acids is 1. The SMILES string of the molecule is COc1ccc2c(c1)NC(=O)/C2=C\c1[nH]c(C(=O)O)cc1CCC(=O)O. The first-order chi connectivity index (χ1) is 12.4. The lowest BCUT2D eigenvalue weighted by molar-refractivity contribution is -0.137. The molecule has 8 heteroatoms. The minimum atomic E-state index is -1.16. The highest BCUT2D eigenvalue weighted by Gasteiger charge is 2.25. The number of hydrogen-bond donors (Lipinski definition) is 4. The van der Waals surface area contributed by atoms with Crippen LogP contribution in [-0.4, -0.2) is 40.2 Å². The van der Waals surface area contributed by atoms with Gasteiger partial charge < -0.3 is 25.3 Å². The lowest BCUT2D eigenvalue weighted by atomic mass is 10.0. The summed E-state index contributed by atoms with van der Waals surface area (Å²) in [5.41, 5.74) is 2.47. The number of ether oxygens (including phenoxy) is 1. The van der Waals surface area contributed by atoms with Gasteiger partial charge in [0.25, 0.3) is 5.91 Å². The van der Waals surface area contributed by atoms with Crippen molar-refractivity contribution in [1.82, 2.24) is 4.98 Å². The summed E-state index contributed by atoms with van der Waals surface area (Å²) in [6.45, 7) is 0. The number of aryl methyl sites for hydroxylation is 1. The predicted octanol–water partition coefficient (Wildman–Crippen LogP) is 2.23. The van der Waals surface area contributed by atoms with E-state index in [1.165, 1.54) is 19.3 Å². The second kappa shape index (κ2) is 6.75. The fraction of sp³-hybridized carbons (Fsp3) is 0.167. The van der Waals surface area contributed by atoms with Crippen LogP contribution in [0.25, 0.3) is 11.6 Å². The van der Waals surface area contributed by atoms with Gasteiger partial charge in [-0.2, -0.15) is 0 Å². The van der Waals surface area contributed by atoms with Crippen molar-refractivity contribution in [2.45, 2.75) is 12.8 Å². The van der Waals surface area contributed by atoms with Crippen LogP contribution < -0.4 is 10.1 Å². The molecule has 1 amide bonds. The standard InChI is InChI=1S/C18H16N2O6/c1-26-10-3-4-11-12(17(23)20-14(11)7-10)8-13-9(2-5-16(21)22)6-15(19-13)18(24)25/h3-4,6-8,19H,2,5H2,1H3,(H,20,23)(H,21,22)(H,24,25)/b12-8-. The summed E-state index contributed by atoms with van der Waals surface area (Å²) in [7, 11) is 1.52. The Morgan fingerprint density at radius 2 is 2.00 bits per heavy atom. The van der Waals surface area contributed by atoms with Gasteiger partial charge in [-0.1, -0.05) is 0 Å². The zero-order chi connectivity index (χ0) is 18.8. The van der Waals surface area contributed by atoms with Crippen LogP contribution in [-0.2, 0) is 16.0 Å². The number of carboxylic acid groups (broad SMARTS) is 2. The molecule has 2 aromatic rings. The van der Waals surface area contributed by atoms with E-state index in [1.54, 1.807) is 18.2 Å². The number of carbonyl (C=O) groups excluding carboxylic acids is 1. The van der Waals surface area contributed by atoms with Crippen LogP contribution in [0.3, 0.4) is 0 Å². The van der Waals surface area contributed by atoms with Crippen molar-refractivity contribution in [2.24, 2.45) is 0 Å². The number of fused-ring (bicyclic) bond motifs is 1. The number of amides is 1. The minimum absolute atomic E-state index is 0.0643. The number of aromatic amines is 1. The van der Waals surface area contributed by atoms with Crippen LogP contribution in [0.2, 0.25) is 0 Å². The smallest absolute Gasteiger partial charge is 0.352 e. The molecule has 134 valence electrons. The van der Waals surface area contributed by atoms with Crippen LogP contribution in [0.5, 0.6) is 5.75 Å². The number of aromatic carboxylic acids is 1. The maximum Gasteiger partial charge on any atom is 0.352 e. The number of methoxy groups -OCH3 is 1. The highest BCUT2D eigenvalue weighted by Crippen LogP contribution is 2.36. The molecule has 1 aromatic carbocycles. The maximum absolute atomic E-state index is 12.3. The number of aromatic nitrogens is 1. The van der Waals surface area contributed by atoms with Gasteiger partial charge in [0, 0.05) is 23.7 Å². The Labute approximate surface area is 148 Å². The van der Waals surface area contributed by atoms with Gasteiger partial charge in [0.15, 0.2) is 0 Å². The quantitative estimate of drug-likeness (QED) is 0.588. The molecule has 0 aliphatic carbocycles. The molecule has 0 saturated heterocycles. The molecule has 3 rings (SSSR count). The maximum atomic E-state index is 12.3. The van der Waals surface area contributed by atoms with Crippen molar-refractivity contribution in [3.8, 4) is 5.75 Å². The van der Waals surface area contributed by atoms with E-state index in [2.05, 4.69) is 10.3 Å². The van der Waals surface area contributed by atoms with Crippen molar-refractivity contribution in [3.63, 3.8) is 0 Å². The van der Waals surface area contributed by atoms with Crippen LogP contribution in [0.1, 0.15) is 33.7 Å². The molecule has 0 unspecified atom stereocenters. The third-order valence-corrected chi connectivity index (χ3v) is 4.07. The van der Waals surface area contributed by atoms with Crippen LogP contribution in [0, 0.1) is 0 Å². The lowest BCUT2D eigenvalue weighted by Crippen LogP contribution is -2.04. The first kappa shape index (κ1) is 17.3. The number of anilines is 1. The molecule has 1 aliphatic heterocycles. The highest BCUT2D eigenvalue weighted by molar-refractivity contribution is 6.35. The van der Waals surface area contributed by atoms with E-state index in [1.807, 2.05) is 0 Å². The topological polar surface area (TPSA) is 129 Å². The third kappa shape index (κ3) is 3.30. The minimum Gasteiger partial charge on any atom is -0.497 e. The fourth-order valence-electron chi connectivity index (χ4n) is 2.79. The summed E-state index contributed by atoms with van der Waals surface area (Å²) in [5, 5.41) is 20.8. The first-order valence-corrected chi connectivity index (χ1v) is 7.77. The summed E-state index contributed by atoms with van der Waals surface area (Å²) in [5.74, 6) is -1.88. The largest absolute Gasteiger partial charge is 0.497 e. The number of H-pyrrole nitrogens is 1. The van der Waals surface area contributed by atoms with Gasteiger partial charge >= 0.3 is 11.9 Å². The molecule has 8 nitrogen and oxygen atoms in total. The molecule has 0 radical (unpaired) electrons. The average Bonchev–Trinajstić information content (AvgIpc) is 3.14. The zero-order valence-electron chi connectivity index (χ0n) is 13.8. The zero-order valence-corrected chi connectivity index (χ0v) is 13.8. The molecular formula is C18H16N2O6. The van der Waals surface area contributed by atoms with Gasteiger partial charge in [-0.15, -0.1) is 0 Å². The average molecular weight is 356 g/mol. The molecule has 0 spiro atoms. The van der Waals surface area contributed by atoms with Gasteiger partial charge in [-0.05, 0) is 36.3 Å². The van der Waals surface area contributed by atoms with Gasteiger partial charge in [0.2, 0.25) is 0 Å². The number of benzene rings is 1. The molecule has 0 bridgehead atoms. The summed E-state index contributed by atoms with van der Waals surface area (Å²) in [6, 6.07) is 6.53. The second-order valence-electron chi connectivity index (χ2n) is 5.74. The Morgan fingerprint density at radius 3 is 2.65 bits per heavy atom. The van der Waals surface area contributed by atoms with Gasteiger partial charge in [-0.3, -0.25) is 9.59 Å². The van der Waals surface area contributed by atoms with E-state index < -0.39 is 11.9 Å². The van der Waals surface area contributed by atoms with Crippen LogP contribution >= 0.6 is 0 Å². The lowest BCUT2D eigenvalue weighted by Gasteiger charge is -2.03. The van der Waals surface area contributed by atoms with E-state index in [0.717, 1.165) is 0 Å². The summed E-state index contributed by atoms with van der Waals surface area (Å²) >= 11 is 0. The highest BCUT2D eigenvalue weighted by atomic mass is 16.5. The van der Waals surface area contributed by atoms with Crippen molar-refractivity contribution in [2.75, 3.05) is 12.4 Å². The Balaban J connectivity index is 2.03. The number of nitrogens with one attached hydrogen (secondary N) is 2. The second-order valence-corrected chi connectivity index (χ2v) is 5.74. The summed E-state index contributed by atoms with van der Waals surface area (Å²) < 4.78 is 5.13. The number of carboxylic acids is 2. The Bertz CT molecular complexity index is 941. The Kier molecular flexibility index (Phi) is 4.49. The van der Waals surface area contributed by atoms with Gasteiger partial charge in [0.05, 0.1) is 18.4 Å². The molecule has 26 heavy (non-hydrogen) atoms. The Morgan fingerprint density at radius 1 is 1.23 bits per heavy atom. The monoisotopic (exact) mass is 356 g/mol. The summed E-state index contributed by atoms with van der Waals surface area (Å²) in [6.07, 6.45) is 1.54. The molecule has 0 saturated carbocycles. The molecule has 1 aromatic heterocycles. The van der Waals surface area contributed by atoms with E-state index in [4.69, 9.17) is 14.9 Å². The normalized spacial score (nSPS) is 14.2. The van der Waals surface area contributed by atoms with E-state index in [0.29, 0.717) is 33.8 Å². The van der Waals surface area contributed by atoms with E-state index in [-0.39, 0.29) is 24.4 Å². The Hall–Kier alpha value is -3.55. The van der Waals surface area contributed by atoms with Gasteiger partial charge in [0.1, 0.15) is 11.4 Å². The van der Waals surface area contributed by atoms with Crippen molar-refractivity contribution >= 4 is 35.2 Å². The van der Waals surface area contributed by atoms with Crippen molar-refractivity contribution in [1.29, 1.82) is 0 Å². The molecule has 1 aliphatic rings. The van der Waals surface area contributed by atoms with Gasteiger partial charge in [-0.25, -0.2) is 4.79 Å². The molecule has 2 heterocycles. The van der Waals surface area contributed by atoms with E-state index in [9.17, 15) is 14.4 Å². The summed E-state index contributed by atoms with van der Waals surface area (Å²) in [4.78, 5) is 37.1. The fourth-order valence-corrected chi connectivity index (χ4v) is 2.79. The molecule has 0 atom stereocenters. The first-order valence-electron chi connectivity index (χ1n) is 7.77. The molecule has 4 N–H and O–H groups in total. The van der Waals surface area contributed by atoms with Crippen molar-refractivity contribution < 1.29 is 29.3 Å². The van der Waals surface area contributed by atoms with Crippen LogP contribution in [0.15, 0.2) is 24.3 Å². The van der Waals surface area contributed by atoms with E-state index >= 15 is 0 Å². The third-order valence-electron chi connectivity index (χ3n) is 4.07. The van der Waals surface area contributed by atoms with Crippen LogP contribution in [0.4, 0.5) is 5.69 Å². The molecule has 0 fully saturated rings. The molecular weight excluding hydrogens is 340 g/mol. The number of rotatable bonds is 6. The van der Waals surface area contributed by atoms with Crippen molar-refractivity contribution in [3.05, 3.63) is 46.8 Å². The predicted molar refractivity (Wildman–Crippen MR) is 93.2 cm³/mol. The number of hydrogen-bond acceptors (Lipinski definition) is 4. The number of carbonyl (C=O) groups is 3.